The standard InChI is InChI=1S/C17H16N2O6/c1-23-16(21)10-5-6-11(17(22)24-2)12(7-10)18-15(20)13-8-14(25-19-13)9-3-4-9/h5-9H,3-4H2,1-2H3,(H,18,20). The number of rotatable bonds is 5. The fourth-order valence-corrected chi connectivity index (χ4v) is 2.32. The number of esters is 2. The largest absolute Gasteiger partial charge is 0.465 e. The van der Waals surface area contributed by atoms with Crippen LogP contribution in [0.5, 0.6) is 0 Å². The van der Waals surface area contributed by atoms with E-state index in [1.807, 2.05) is 0 Å². The molecule has 0 aliphatic heterocycles. The Bertz CT molecular complexity index is 837. The van der Waals surface area contributed by atoms with Crippen molar-refractivity contribution < 1.29 is 28.4 Å². The molecule has 0 unspecified atom stereocenters. The van der Waals surface area contributed by atoms with Crippen molar-refractivity contribution >= 4 is 23.5 Å². The van der Waals surface area contributed by atoms with E-state index in [1.54, 1.807) is 6.07 Å². The van der Waals surface area contributed by atoms with Crippen LogP contribution in [0.4, 0.5) is 5.69 Å². The van der Waals surface area contributed by atoms with Crippen molar-refractivity contribution in [1.82, 2.24) is 5.16 Å². The molecule has 2 aromatic rings. The van der Waals surface area contributed by atoms with Crippen LogP contribution in [-0.2, 0) is 9.47 Å². The highest BCUT2D eigenvalue weighted by Gasteiger charge is 2.29. The second kappa shape index (κ2) is 6.76. The Labute approximate surface area is 143 Å². The maximum atomic E-state index is 12.4. The number of nitrogens with one attached hydrogen (secondary N) is 1. The summed E-state index contributed by atoms with van der Waals surface area (Å²) in [4.78, 5) is 35.9. The van der Waals surface area contributed by atoms with Gasteiger partial charge in [-0.15, -0.1) is 0 Å². The summed E-state index contributed by atoms with van der Waals surface area (Å²) >= 11 is 0. The summed E-state index contributed by atoms with van der Waals surface area (Å²) in [6.07, 6.45) is 2.04. The summed E-state index contributed by atoms with van der Waals surface area (Å²) in [6.45, 7) is 0. The van der Waals surface area contributed by atoms with Crippen LogP contribution in [-0.4, -0.2) is 37.2 Å². The molecule has 0 radical (unpaired) electrons. The smallest absolute Gasteiger partial charge is 0.339 e. The van der Waals surface area contributed by atoms with Crippen LogP contribution in [0.25, 0.3) is 0 Å². The van der Waals surface area contributed by atoms with Crippen molar-refractivity contribution in [1.29, 1.82) is 0 Å². The lowest BCUT2D eigenvalue weighted by molar-refractivity contribution is 0.0587. The lowest BCUT2D eigenvalue weighted by Gasteiger charge is -2.10. The number of hydrogen-bond donors (Lipinski definition) is 1. The molecule has 1 saturated carbocycles. The van der Waals surface area contributed by atoms with Gasteiger partial charge < -0.3 is 19.3 Å². The minimum Gasteiger partial charge on any atom is -0.465 e. The molecule has 8 heteroatoms. The molecule has 0 saturated heterocycles. The topological polar surface area (TPSA) is 108 Å². The Kier molecular flexibility index (Phi) is 4.51. The van der Waals surface area contributed by atoms with Crippen LogP contribution in [0, 0.1) is 0 Å². The van der Waals surface area contributed by atoms with Gasteiger partial charge in [-0.05, 0) is 31.0 Å². The monoisotopic (exact) mass is 344 g/mol. The number of benzene rings is 1. The van der Waals surface area contributed by atoms with Gasteiger partial charge in [0.2, 0.25) is 0 Å². The molecular formula is C17H16N2O6. The number of methoxy groups -OCH3 is 2. The molecule has 3 rings (SSSR count). The predicted octanol–water partition coefficient (Wildman–Crippen LogP) is 2.38. The van der Waals surface area contributed by atoms with E-state index in [9.17, 15) is 14.4 Å². The van der Waals surface area contributed by atoms with Crippen LogP contribution in [0.3, 0.4) is 0 Å². The van der Waals surface area contributed by atoms with E-state index in [4.69, 9.17) is 9.26 Å². The highest BCUT2D eigenvalue weighted by Crippen LogP contribution is 2.40. The molecule has 1 aromatic carbocycles. The van der Waals surface area contributed by atoms with Gasteiger partial charge in [-0.2, -0.15) is 0 Å². The first kappa shape index (κ1) is 16.7. The van der Waals surface area contributed by atoms with Gasteiger partial charge in [0.05, 0.1) is 31.0 Å². The van der Waals surface area contributed by atoms with Crippen LogP contribution in [0.1, 0.15) is 55.7 Å². The quantitative estimate of drug-likeness (QED) is 0.830. The van der Waals surface area contributed by atoms with E-state index in [0.717, 1.165) is 12.8 Å². The maximum absolute atomic E-state index is 12.4. The molecule has 25 heavy (non-hydrogen) atoms. The molecule has 1 amide bonds. The average Bonchev–Trinajstić information content (AvgIpc) is 3.36. The van der Waals surface area contributed by atoms with Gasteiger partial charge in [-0.25, -0.2) is 9.59 Å². The van der Waals surface area contributed by atoms with Gasteiger partial charge >= 0.3 is 11.9 Å². The van der Waals surface area contributed by atoms with Gasteiger partial charge in [0.15, 0.2) is 5.69 Å². The number of carbonyl (C=O) groups excluding carboxylic acids is 3. The maximum Gasteiger partial charge on any atom is 0.339 e. The first-order chi connectivity index (χ1) is 12.0. The number of amides is 1. The minimum absolute atomic E-state index is 0.0983. The first-order valence-electron chi connectivity index (χ1n) is 7.62. The summed E-state index contributed by atoms with van der Waals surface area (Å²) in [6, 6.07) is 5.72. The summed E-state index contributed by atoms with van der Waals surface area (Å²) in [5.41, 5.74) is 0.510. The Morgan fingerprint density at radius 2 is 1.84 bits per heavy atom. The average molecular weight is 344 g/mol. The lowest BCUT2D eigenvalue weighted by atomic mass is 10.1. The highest BCUT2D eigenvalue weighted by molar-refractivity contribution is 6.08. The zero-order valence-electron chi connectivity index (χ0n) is 13.7. The summed E-state index contributed by atoms with van der Waals surface area (Å²) in [7, 11) is 2.46. The molecule has 8 nitrogen and oxygen atoms in total. The van der Waals surface area contributed by atoms with Gasteiger partial charge in [-0.3, -0.25) is 4.79 Å². The third-order valence-electron chi connectivity index (χ3n) is 3.83. The van der Waals surface area contributed by atoms with Crippen LogP contribution in [0.15, 0.2) is 28.8 Å². The molecule has 0 atom stereocenters. The fourth-order valence-electron chi connectivity index (χ4n) is 2.32. The molecule has 0 spiro atoms. The van der Waals surface area contributed by atoms with Gasteiger partial charge in [0.1, 0.15) is 5.76 Å². The molecule has 1 aromatic heterocycles. The van der Waals surface area contributed by atoms with Gasteiger partial charge in [0, 0.05) is 12.0 Å². The molecule has 130 valence electrons. The Hall–Kier alpha value is -3.16. The summed E-state index contributed by atoms with van der Waals surface area (Å²) in [5.74, 6) is -0.804. The van der Waals surface area contributed by atoms with Crippen LogP contribution >= 0.6 is 0 Å². The number of carbonyl (C=O) groups is 3. The summed E-state index contributed by atoms with van der Waals surface area (Å²) in [5, 5.41) is 6.31. The lowest BCUT2D eigenvalue weighted by Crippen LogP contribution is -2.16. The zero-order valence-corrected chi connectivity index (χ0v) is 13.7. The van der Waals surface area contributed by atoms with Gasteiger partial charge in [-0.1, -0.05) is 5.16 Å². The minimum atomic E-state index is -0.648. The van der Waals surface area contributed by atoms with E-state index in [1.165, 1.54) is 32.4 Å². The normalized spacial score (nSPS) is 13.2. The summed E-state index contributed by atoms with van der Waals surface area (Å²) < 4.78 is 14.5. The molecule has 1 aliphatic carbocycles. The van der Waals surface area contributed by atoms with E-state index >= 15 is 0 Å². The first-order valence-corrected chi connectivity index (χ1v) is 7.62. The second-order valence-electron chi connectivity index (χ2n) is 5.59. The predicted molar refractivity (Wildman–Crippen MR) is 85.6 cm³/mol. The molecule has 1 N–H and O–H groups in total. The molecule has 0 bridgehead atoms. The van der Waals surface area contributed by atoms with Crippen molar-refractivity contribution in [2.24, 2.45) is 0 Å². The Morgan fingerprint density at radius 3 is 2.48 bits per heavy atom. The van der Waals surface area contributed by atoms with Crippen molar-refractivity contribution in [3.05, 3.63) is 46.8 Å². The number of aromatic nitrogens is 1. The molecular weight excluding hydrogens is 328 g/mol. The Balaban J connectivity index is 1.88. The molecule has 1 fully saturated rings. The van der Waals surface area contributed by atoms with E-state index in [2.05, 4.69) is 15.2 Å². The van der Waals surface area contributed by atoms with Crippen molar-refractivity contribution in [3.8, 4) is 0 Å². The third-order valence-corrected chi connectivity index (χ3v) is 3.83. The number of nitrogens with zero attached hydrogens (tertiary/aromatic N) is 1. The van der Waals surface area contributed by atoms with E-state index < -0.39 is 17.8 Å². The van der Waals surface area contributed by atoms with E-state index in [-0.39, 0.29) is 22.5 Å². The molecule has 1 heterocycles. The second-order valence-corrected chi connectivity index (χ2v) is 5.59. The third kappa shape index (κ3) is 3.52. The number of hydrogen-bond acceptors (Lipinski definition) is 7. The SMILES string of the molecule is COC(=O)c1ccc(C(=O)OC)c(NC(=O)c2cc(C3CC3)on2)c1. The van der Waals surface area contributed by atoms with Gasteiger partial charge in [0.25, 0.3) is 5.91 Å². The number of ether oxygens (including phenoxy) is 2. The zero-order chi connectivity index (χ0) is 18.0. The van der Waals surface area contributed by atoms with Crippen molar-refractivity contribution in [2.75, 3.05) is 19.5 Å². The van der Waals surface area contributed by atoms with Crippen molar-refractivity contribution in [3.63, 3.8) is 0 Å². The molecule has 1 aliphatic rings. The van der Waals surface area contributed by atoms with Crippen LogP contribution < -0.4 is 5.32 Å². The van der Waals surface area contributed by atoms with Crippen LogP contribution in [0.2, 0.25) is 0 Å². The van der Waals surface area contributed by atoms with Crippen molar-refractivity contribution in [2.45, 2.75) is 18.8 Å². The van der Waals surface area contributed by atoms with E-state index in [0.29, 0.717) is 11.7 Å². The fraction of sp³-hybridized carbons (Fsp3) is 0.294. The Morgan fingerprint density at radius 1 is 1.12 bits per heavy atom. The highest BCUT2D eigenvalue weighted by atomic mass is 16.5. The number of anilines is 1.